The van der Waals surface area contributed by atoms with E-state index in [0.29, 0.717) is 6.54 Å². The molecular formula is C14H19ClFNO. The molecule has 0 heterocycles. The molecule has 100 valence electrons. The Morgan fingerprint density at radius 3 is 3.00 bits per heavy atom. The molecule has 0 saturated heterocycles. The minimum absolute atomic E-state index is 0.218. The lowest BCUT2D eigenvalue weighted by Gasteiger charge is -2.07. The van der Waals surface area contributed by atoms with Gasteiger partial charge in [0.25, 0.3) is 0 Å². The zero-order chi connectivity index (χ0) is 12.8. The first-order valence-corrected chi connectivity index (χ1v) is 6.86. The average molecular weight is 272 g/mol. The van der Waals surface area contributed by atoms with Gasteiger partial charge in [-0.15, -0.1) is 0 Å². The Kier molecular flexibility index (Phi) is 5.42. The summed E-state index contributed by atoms with van der Waals surface area (Å²) >= 11 is 5.86. The molecule has 0 atom stereocenters. The van der Waals surface area contributed by atoms with Crippen LogP contribution >= 0.6 is 11.6 Å². The van der Waals surface area contributed by atoms with Gasteiger partial charge in [-0.2, -0.15) is 0 Å². The lowest BCUT2D eigenvalue weighted by Crippen LogP contribution is -2.17. The largest absolute Gasteiger partial charge is 0.381 e. The number of ether oxygens (including phenoxy) is 1. The van der Waals surface area contributed by atoms with Crippen molar-refractivity contribution in [2.45, 2.75) is 25.8 Å². The van der Waals surface area contributed by atoms with Crippen molar-refractivity contribution < 1.29 is 9.13 Å². The van der Waals surface area contributed by atoms with Crippen molar-refractivity contribution in [3.63, 3.8) is 0 Å². The number of nitrogens with one attached hydrogen (secondary N) is 1. The molecule has 0 radical (unpaired) electrons. The van der Waals surface area contributed by atoms with Gasteiger partial charge in [-0.1, -0.05) is 23.7 Å². The van der Waals surface area contributed by atoms with E-state index in [0.717, 1.165) is 37.7 Å². The smallest absolute Gasteiger partial charge is 0.142 e. The first-order chi connectivity index (χ1) is 8.77. The summed E-state index contributed by atoms with van der Waals surface area (Å²) in [7, 11) is 0. The molecular weight excluding hydrogens is 253 g/mol. The Hall–Kier alpha value is -0.640. The van der Waals surface area contributed by atoms with Crippen LogP contribution in [0.4, 0.5) is 4.39 Å². The van der Waals surface area contributed by atoms with E-state index in [4.69, 9.17) is 16.3 Å². The molecule has 18 heavy (non-hydrogen) atoms. The van der Waals surface area contributed by atoms with Crippen molar-refractivity contribution in [1.29, 1.82) is 0 Å². The number of rotatable bonds is 8. The van der Waals surface area contributed by atoms with E-state index in [1.807, 2.05) is 6.07 Å². The van der Waals surface area contributed by atoms with Crippen LogP contribution in [0.15, 0.2) is 18.2 Å². The van der Waals surface area contributed by atoms with Gasteiger partial charge < -0.3 is 10.1 Å². The van der Waals surface area contributed by atoms with Gasteiger partial charge in [-0.25, -0.2) is 4.39 Å². The zero-order valence-corrected chi connectivity index (χ0v) is 11.2. The Balaban J connectivity index is 1.55. The van der Waals surface area contributed by atoms with Crippen molar-refractivity contribution in [3.8, 4) is 0 Å². The summed E-state index contributed by atoms with van der Waals surface area (Å²) in [5, 5.41) is 3.46. The third-order valence-electron chi connectivity index (χ3n) is 3.04. The standard InChI is InChI=1S/C14H19ClFNO/c15-14-12(3-1-4-13(14)16)9-17-7-2-8-18-10-11-5-6-11/h1,3-4,11,17H,2,5-10H2. The van der Waals surface area contributed by atoms with Crippen LogP contribution in [-0.2, 0) is 11.3 Å². The van der Waals surface area contributed by atoms with E-state index in [1.165, 1.54) is 18.9 Å². The summed E-state index contributed by atoms with van der Waals surface area (Å²) in [6, 6.07) is 4.89. The SMILES string of the molecule is Fc1cccc(CNCCCOCC2CC2)c1Cl. The number of benzene rings is 1. The Labute approximate surface area is 112 Å². The molecule has 2 rings (SSSR count). The topological polar surface area (TPSA) is 21.3 Å². The Morgan fingerprint density at radius 1 is 1.39 bits per heavy atom. The van der Waals surface area contributed by atoms with Crippen molar-refractivity contribution in [1.82, 2.24) is 5.32 Å². The van der Waals surface area contributed by atoms with Gasteiger partial charge in [-0.3, -0.25) is 0 Å². The van der Waals surface area contributed by atoms with Gasteiger partial charge in [-0.05, 0) is 43.4 Å². The predicted molar refractivity (Wildman–Crippen MR) is 71.3 cm³/mol. The van der Waals surface area contributed by atoms with E-state index in [-0.39, 0.29) is 10.8 Å². The number of hydrogen-bond donors (Lipinski definition) is 1. The van der Waals surface area contributed by atoms with Crippen molar-refractivity contribution in [2.75, 3.05) is 19.8 Å². The van der Waals surface area contributed by atoms with E-state index >= 15 is 0 Å². The predicted octanol–water partition coefficient (Wildman–Crippen LogP) is 3.39. The molecule has 1 aliphatic rings. The molecule has 0 unspecified atom stereocenters. The molecule has 1 aliphatic carbocycles. The van der Waals surface area contributed by atoms with Crippen LogP contribution in [0.3, 0.4) is 0 Å². The Morgan fingerprint density at radius 2 is 2.22 bits per heavy atom. The van der Waals surface area contributed by atoms with Gasteiger partial charge in [0.2, 0.25) is 0 Å². The maximum atomic E-state index is 13.2. The van der Waals surface area contributed by atoms with Crippen molar-refractivity contribution >= 4 is 11.6 Å². The lowest BCUT2D eigenvalue weighted by atomic mass is 10.2. The lowest BCUT2D eigenvalue weighted by molar-refractivity contribution is 0.122. The highest BCUT2D eigenvalue weighted by Crippen LogP contribution is 2.28. The fourth-order valence-electron chi connectivity index (χ4n) is 1.74. The molecule has 0 aromatic heterocycles. The molecule has 4 heteroatoms. The second-order valence-electron chi connectivity index (χ2n) is 4.76. The van der Waals surface area contributed by atoms with Gasteiger partial charge in [0.05, 0.1) is 5.02 Å². The van der Waals surface area contributed by atoms with Crippen LogP contribution in [0.1, 0.15) is 24.8 Å². The van der Waals surface area contributed by atoms with E-state index < -0.39 is 0 Å². The molecule has 1 aromatic rings. The molecule has 1 fully saturated rings. The van der Waals surface area contributed by atoms with Crippen LogP contribution in [0, 0.1) is 11.7 Å². The van der Waals surface area contributed by atoms with Gasteiger partial charge in [0, 0.05) is 19.8 Å². The molecule has 0 bridgehead atoms. The van der Waals surface area contributed by atoms with Crippen molar-refractivity contribution in [2.24, 2.45) is 5.92 Å². The maximum absolute atomic E-state index is 13.2. The first kappa shape index (κ1) is 13.8. The second-order valence-corrected chi connectivity index (χ2v) is 5.14. The zero-order valence-electron chi connectivity index (χ0n) is 10.4. The molecule has 0 amide bonds. The molecule has 0 aliphatic heterocycles. The third-order valence-corrected chi connectivity index (χ3v) is 3.46. The average Bonchev–Trinajstić information content (AvgIpc) is 3.17. The van der Waals surface area contributed by atoms with Crippen LogP contribution in [0.2, 0.25) is 5.02 Å². The normalized spacial score (nSPS) is 15.0. The monoisotopic (exact) mass is 271 g/mol. The van der Waals surface area contributed by atoms with Crippen LogP contribution < -0.4 is 5.32 Å². The fraction of sp³-hybridized carbons (Fsp3) is 0.571. The molecule has 2 nitrogen and oxygen atoms in total. The van der Waals surface area contributed by atoms with Gasteiger partial charge in [0.15, 0.2) is 0 Å². The summed E-state index contributed by atoms with van der Waals surface area (Å²) in [5.74, 6) is 0.466. The summed E-state index contributed by atoms with van der Waals surface area (Å²) in [6.45, 7) is 3.16. The second kappa shape index (κ2) is 7.07. The minimum Gasteiger partial charge on any atom is -0.381 e. The molecule has 1 aromatic carbocycles. The summed E-state index contributed by atoms with van der Waals surface area (Å²) < 4.78 is 18.7. The quantitative estimate of drug-likeness (QED) is 0.732. The highest BCUT2D eigenvalue weighted by Gasteiger charge is 2.20. The molecule has 1 saturated carbocycles. The summed E-state index contributed by atoms with van der Waals surface area (Å²) in [6.07, 6.45) is 3.63. The molecule has 1 N–H and O–H groups in total. The minimum atomic E-state index is -0.358. The van der Waals surface area contributed by atoms with Gasteiger partial charge >= 0.3 is 0 Å². The highest BCUT2D eigenvalue weighted by atomic mass is 35.5. The van der Waals surface area contributed by atoms with Crippen LogP contribution in [-0.4, -0.2) is 19.8 Å². The van der Waals surface area contributed by atoms with Gasteiger partial charge in [0.1, 0.15) is 5.82 Å². The first-order valence-electron chi connectivity index (χ1n) is 6.48. The Bertz CT molecular complexity index is 382. The number of hydrogen-bond acceptors (Lipinski definition) is 2. The van der Waals surface area contributed by atoms with E-state index in [2.05, 4.69) is 5.32 Å². The fourth-order valence-corrected chi connectivity index (χ4v) is 1.93. The summed E-state index contributed by atoms with van der Waals surface area (Å²) in [4.78, 5) is 0. The molecule has 0 spiro atoms. The van der Waals surface area contributed by atoms with Crippen molar-refractivity contribution in [3.05, 3.63) is 34.6 Å². The van der Waals surface area contributed by atoms with E-state index in [1.54, 1.807) is 6.07 Å². The number of halogens is 2. The summed E-state index contributed by atoms with van der Waals surface area (Å²) in [5.41, 5.74) is 0.801. The van der Waals surface area contributed by atoms with E-state index in [9.17, 15) is 4.39 Å². The highest BCUT2D eigenvalue weighted by molar-refractivity contribution is 6.31. The maximum Gasteiger partial charge on any atom is 0.142 e. The third kappa shape index (κ3) is 4.56. The van der Waals surface area contributed by atoms with Crippen LogP contribution in [0.25, 0.3) is 0 Å². The van der Waals surface area contributed by atoms with Crippen LogP contribution in [0.5, 0.6) is 0 Å².